The number of carbonyl (C=O) groups is 1. The Morgan fingerprint density at radius 3 is 2.57 bits per heavy atom. The van der Waals surface area contributed by atoms with E-state index in [2.05, 4.69) is 34.8 Å². The van der Waals surface area contributed by atoms with Crippen molar-refractivity contribution in [3.63, 3.8) is 0 Å². The normalized spacial score (nSPS) is 26.8. The second-order valence-electron chi connectivity index (χ2n) is 8.93. The summed E-state index contributed by atoms with van der Waals surface area (Å²) in [6.07, 6.45) is 8.94. The van der Waals surface area contributed by atoms with Gasteiger partial charge < -0.3 is 14.5 Å². The maximum absolute atomic E-state index is 13.4. The van der Waals surface area contributed by atoms with Crippen LogP contribution in [0.4, 0.5) is 5.95 Å². The molecule has 3 atom stereocenters. The third-order valence-corrected chi connectivity index (χ3v) is 6.33. The minimum atomic E-state index is 0.0681. The fourth-order valence-corrected chi connectivity index (χ4v) is 4.72. The highest BCUT2D eigenvalue weighted by atomic mass is 16.5. The summed E-state index contributed by atoms with van der Waals surface area (Å²) in [6.45, 7) is 7.21. The molecule has 2 aliphatic heterocycles. The van der Waals surface area contributed by atoms with E-state index in [1.54, 1.807) is 12.4 Å². The van der Waals surface area contributed by atoms with Gasteiger partial charge in [-0.15, -0.1) is 0 Å². The monoisotopic (exact) mass is 407 g/mol. The Kier molecular flexibility index (Phi) is 5.15. The van der Waals surface area contributed by atoms with Crippen LogP contribution >= 0.6 is 0 Å². The lowest BCUT2D eigenvalue weighted by Gasteiger charge is -2.35. The predicted octanol–water partition coefficient (Wildman–Crippen LogP) is 2.99. The molecule has 2 saturated heterocycles. The van der Waals surface area contributed by atoms with Crippen molar-refractivity contribution in [2.24, 2.45) is 0 Å². The molecule has 3 fully saturated rings. The first-order valence-electron chi connectivity index (χ1n) is 11.0. The number of likely N-dealkylation sites (tertiary alicyclic amines) is 1. The number of anilines is 1. The van der Waals surface area contributed by atoms with Gasteiger partial charge in [0.25, 0.3) is 5.91 Å². The number of rotatable bonds is 4. The number of carbonyl (C=O) groups excluding carboxylic acids is 1. The van der Waals surface area contributed by atoms with E-state index in [0.29, 0.717) is 17.4 Å². The predicted molar refractivity (Wildman–Crippen MR) is 114 cm³/mol. The molecule has 0 bridgehead atoms. The maximum Gasteiger partial charge on any atom is 0.257 e. The molecule has 1 aliphatic carbocycles. The van der Waals surface area contributed by atoms with Gasteiger partial charge in [-0.25, -0.2) is 9.97 Å². The molecule has 0 N–H and O–H groups in total. The van der Waals surface area contributed by atoms with Crippen LogP contribution in [0.3, 0.4) is 0 Å². The van der Waals surface area contributed by atoms with Crippen molar-refractivity contribution in [3.8, 4) is 0 Å². The van der Waals surface area contributed by atoms with Gasteiger partial charge in [0.1, 0.15) is 0 Å². The van der Waals surface area contributed by atoms with Crippen LogP contribution in [0.15, 0.2) is 30.7 Å². The highest BCUT2D eigenvalue weighted by Gasteiger charge is 2.35. The Labute approximate surface area is 177 Å². The summed E-state index contributed by atoms with van der Waals surface area (Å²) in [5.41, 5.74) is 2.82. The SMILES string of the molecule is CC1CN(c2ncc(C(=O)N3CCC(c4cccnc4)C3)c(C3CC3)n2)CC(C)O1. The summed E-state index contributed by atoms with van der Waals surface area (Å²) in [4.78, 5) is 31.3. The summed E-state index contributed by atoms with van der Waals surface area (Å²) in [5, 5.41) is 0. The molecule has 5 rings (SSSR count). The lowest BCUT2D eigenvalue weighted by atomic mass is 10.0. The van der Waals surface area contributed by atoms with Crippen LogP contribution in [0, 0.1) is 0 Å². The second kappa shape index (κ2) is 7.95. The van der Waals surface area contributed by atoms with Crippen LogP contribution in [0.2, 0.25) is 0 Å². The number of hydrogen-bond donors (Lipinski definition) is 0. The Hall–Kier alpha value is -2.54. The molecule has 2 aromatic rings. The van der Waals surface area contributed by atoms with Gasteiger partial charge in [0, 0.05) is 56.6 Å². The van der Waals surface area contributed by atoms with E-state index in [1.807, 2.05) is 17.2 Å². The third-order valence-electron chi connectivity index (χ3n) is 6.33. The summed E-state index contributed by atoms with van der Waals surface area (Å²) in [5.74, 6) is 1.53. The zero-order chi connectivity index (χ0) is 20.7. The van der Waals surface area contributed by atoms with E-state index in [-0.39, 0.29) is 18.1 Å². The van der Waals surface area contributed by atoms with Crippen molar-refractivity contribution >= 4 is 11.9 Å². The van der Waals surface area contributed by atoms with Gasteiger partial charge in [0.2, 0.25) is 5.95 Å². The van der Waals surface area contributed by atoms with Crippen LogP contribution < -0.4 is 4.90 Å². The van der Waals surface area contributed by atoms with Crippen LogP contribution in [0.1, 0.15) is 66.6 Å². The summed E-state index contributed by atoms with van der Waals surface area (Å²) in [6, 6.07) is 4.06. The third kappa shape index (κ3) is 3.90. The minimum absolute atomic E-state index is 0.0681. The molecule has 0 aromatic carbocycles. The van der Waals surface area contributed by atoms with Gasteiger partial charge in [0.05, 0.1) is 23.5 Å². The number of aromatic nitrogens is 3. The van der Waals surface area contributed by atoms with Gasteiger partial charge in [-0.1, -0.05) is 6.07 Å². The minimum Gasteiger partial charge on any atom is -0.372 e. The molecule has 30 heavy (non-hydrogen) atoms. The van der Waals surface area contributed by atoms with Crippen molar-refractivity contribution in [1.29, 1.82) is 0 Å². The second-order valence-corrected chi connectivity index (χ2v) is 8.93. The summed E-state index contributed by atoms with van der Waals surface area (Å²) in [7, 11) is 0. The number of nitrogens with zero attached hydrogens (tertiary/aromatic N) is 5. The molecule has 0 spiro atoms. The summed E-state index contributed by atoms with van der Waals surface area (Å²) >= 11 is 0. The molecule has 7 heteroatoms. The molecule has 0 radical (unpaired) electrons. The molecule has 2 aromatic heterocycles. The highest BCUT2D eigenvalue weighted by Crippen LogP contribution is 2.41. The largest absolute Gasteiger partial charge is 0.372 e. The van der Waals surface area contributed by atoms with Gasteiger partial charge in [-0.05, 0) is 44.7 Å². The van der Waals surface area contributed by atoms with Crippen molar-refractivity contribution in [3.05, 3.63) is 47.5 Å². The molecule has 1 saturated carbocycles. The van der Waals surface area contributed by atoms with Crippen LogP contribution in [0.25, 0.3) is 0 Å². The van der Waals surface area contributed by atoms with E-state index in [4.69, 9.17) is 9.72 Å². The van der Waals surface area contributed by atoms with E-state index < -0.39 is 0 Å². The Morgan fingerprint density at radius 2 is 1.87 bits per heavy atom. The Balaban J connectivity index is 1.36. The molecular weight excluding hydrogens is 378 g/mol. The zero-order valence-corrected chi connectivity index (χ0v) is 17.7. The van der Waals surface area contributed by atoms with Crippen molar-refractivity contribution in [2.45, 2.75) is 57.2 Å². The van der Waals surface area contributed by atoms with E-state index >= 15 is 0 Å². The molecule has 3 aliphatic rings. The van der Waals surface area contributed by atoms with Gasteiger partial charge >= 0.3 is 0 Å². The zero-order valence-electron chi connectivity index (χ0n) is 17.7. The first kappa shape index (κ1) is 19.4. The molecule has 1 amide bonds. The van der Waals surface area contributed by atoms with Gasteiger partial charge in [0.15, 0.2) is 0 Å². The van der Waals surface area contributed by atoms with Crippen molar-refractivity contribution < 1.29 is 9.53 Å². The van der Waals surface area contributed by atoms with Gasteiger partial charge in [-0.2, -0.15) is 0 Å². The maximum atomic E-state index is 13.4. The van der Waals surface area contributed by atoms with Gasteiger partial charge in [-0.3, -0.25) is 9.78 Å². The molecule has 7 nitrogen and oxygen atoms in total. The molecule has 4 heterocycles. The number of morpholine rings is 1. The lowest BCUT2D eigenvalue weighted by molar-refractivity contribution is -0.00574. The van der Waals surface area contributed by atoms with E-state index in [1.165, 1.54) is 5.56 Å². The van der Waals surface area contributed by atoms with Crippen molar-refractivity contribution in [1.82, 2.24) is 19.9 Å². The lowest BCUT2D eigenvalue weighted by Crippen LogP contribution is -2.46. The fourth-order valence-electron chi connectivity index (χ4n) is 4.72. The molecular formula is C23H29N5O2. The highest BCUT2D eigenvalue weighted by molar-refractivity contribution is 5.95. The topological polar surface area (TPSA) is 71.5 Å². The standard InChI is InChI=1S/C23H29N5O2/c1-15-12-28(13-16(2)30-15)23-25-11-20(21(26-23)17-5-6-17)22(29)27-9-7-19(14-27)18-4-3-8-24-10-18/h3-4,8,10-11,15-17,19H,5-7,9,12-14H2,1-2H3. The van der Waals surface area contributed by atoms with Crippen LogP contribution in [-0.4, -0.2) is 64.1 Å². The van der Waals surface area contributed by atoms with Crippen LogP contribution in [-0.2, 0) is 4.74 Å². The smallest absolute Gasteiger partial charge is 0.257 e. The summed E-state index contributed by atoms with van der Waals surface area (Å²) < 4.78 is 5.84. The quantitative estimate of drug-likeness (QED) is 0.776. The average molecular weight is 408 g/mol. The first-order valence-corrected chi connectivity index (χ1v) is 11.0. The first-order chi connectivity index (χ1) is 14.6. The number of amides is 1. The average Bonchev–Trinajstić information content (AvgIpc) is 3.49. The molecule has 3 unspecified atom stereocenters. The number of ether oxygens (including phenoxy) is 1. The van der Waals surface area contributed by atoms with Crippen LogP contribution in [0.5, 0.6) is 0 Å². The Morgan fingerprint density at radius 1 is 1.07 bits per heavy atom. The van der Waals surface area contributed by atoms with Crippen molar-refractivity contribution in [2.75, 3.05) is 31.1 Å². The Bertz CT molecular complexity index is 907. The van der Waals surface area contributed by atoms with E-state index in [9.17, 15) is 4.79 Å². The number of hydrogen-bond acceptors (Lipinski definition) is 6. The number of pyridine rings is 1. The fraction of sp³-hybridized carbons (Fsp3) is 0.565. The molecule has 158 valence electrons. The van der Waals surface area contributed by atoms with E-state index in [0.717, 1.165) is 57.1 Å².